The van der Waals surface area contributed by atoms with E-state index in [1.54, 1.807) is 5.57 Å². The number of hydrogen-bond acceptors (Lipinski definition) is 1. The summed E-state index contributed by atoms with van der Waals surface area (Å²) in [5.74, 6) is 0. The summed E-state index contributed by atoms with van der Waals surface area (Å²) in [4.78, 5) is 1.51. The standard InChI is InChI=1S/C19H26S/c1-18(2,3)15-11-13-17(14-12-15)20-19(4,5)16-9-7-6-8-10-16/h6-11,13H,12,14H2,1-5H3. The van der Waals surface area contributed by atoms with Gasteiger partial charge in [0.1, 0.15) is 0 Å². The Balaban J connectivity index is 2.12. The second kappa shape index (κ2) is 5.81. The molecule has 0 fully saturated rings. The molecule has 0 heterocycles. The maximum atomic E-state index is 2.34. The molecule has 108 valence electrons. The summed E-state index contributed by atoms with van der Waals surface area (Å²) in [5.41, 5.74) is 3.28. The van der Waals surface area contributed by atoms with E-state index in [1.807, 2.05) is 11.8 Å². The largest absolute Gasteiger partial charge is 0.120 e. The first-order chi connectivity index (χ1) is 9.29. The van der Waals surface area contributed by atoms with Crippen LogP contribution in [0.1, 0.15) is 53.0 Å². The molecule has 2 rings (SSSR count). The van der Waals surface area contributed by atoms with Gasteiger partial charge in [0.15, 0.2) is 0 Å². The third-order valence-electron chi connectivity index (χ3n) is 3.93. The van der Waals surface area contributed by atoms with E-state index < -0.39 is 0 Å². The molecule has 1 aliphatic carbocycles. The number of benzene rings is 1. The maximum Gasteiger partial charge on any atom is 0.0396 e. The number of allylic oxidation sites excluding steroid dienone is 4. The van der Waals surface area contributed by atoms with Crippen LogP contribution in [0.15, 0.2) is 53.0 Å². The molecule has 1 aromatic carbocycles. The van der Waals surface area contributed by atoms with Gasteiger partial charge in [0.05, 0.1) is 0 Å². The van der Waals surface area contributed by atoms with Gasteiger partial charge in [0.25, 0.3) is 0 Å². The van der Waals surface area contributed by atoms with Crippen LogP contribution in [0.2, 0.25) is 0 Å². The second-order valence-corrected chi connectivity index (χ2v) is 8.80. The molecule has 0 atom stereocenters. The highest BCUT2D eigenvalue weighted by atomic mass is 32.2. The Bertz CT molecular complexity index is 512. The molecular formula is C19H26S. The summed E-state index contributed by atoms with van der Waals surface area (Å²) in [5, 5.41) is 0. The molecule has 20 heavy (non-hydrogen) atoms. The third-order valence-corrected chi connectivity index (χ3v) is 5.28. The van der Waals surface area contributed by atoms with Crippen LogP contribution in [0.25, 0.3) is 0 Å². The third kappa shape index (κ3) is 3.79. The molecule has 0 saturated heterocycles. The fourth-order valence-electron chi connectivity index (χ4n) is 2.55. The summed E-state index contributed by atoms with van der Waals surface area (Å²) < 4.78 is 0.139. The van der Waals surface area contributed by atoms with Crippen molar-refractivity contribution in [2.75, 3.05) is 0 Å². The maximum absolute atomic E-state index is 2.34. The van der Waals surface area contributed by atoms with E-state index in [1.165, 1.54) is 23.3 Å². The summed E-state index contributed by atoms with van der Waals surface area (Å²) >= 11 is 2.01. The molecule has 0 bridgehead atoms. The van der Waals surface area contributed by atoms with E-state index in [-0.39, 0.29) is 4.75 Å². The van der Waals surface area contributed by atoms with Crippen molar-refractivity contribution in [3.8, 4) is 0 Å². The van der Waals surface area contributed by atoms with E-state index in [2.05, 4.69) is 77.1 Å². The minimum Gasteiger partial charge on any atom is -0.120 e. The lowest BCUT2D eigenvalue weighted by atomic mass is 9.82. The fourth-order valence-corrected chi connectivity index (χ4v) is 3.80. The monoisotopic (exact) mass is 286 g/mol. The Labute approximate surface area is 128 Å². The van der Waals surface area contributed by atoms with Crippen LogP contribution in [0.4, 0.5) is 0 Å². The molecule has 0 unspecified atom stereocenters. The van der Waals surface area contributed by atoms with E-state index in [0.29, 0.717) is 5.41 Å². The van der Waals surface area contributed by atoms with Crippen LogP contribution in [0, 0.1) is 5.41 Å². The minimum atomic E-state index is 0.139. The van der Waals surface area contributed by atoms with Crippen LogP contribution in [-0.2, 0) is 4.75 Å². The lowest BCUT2D eigenvalue weighted by Crippen LogP contribution is -2.14. The molecule has 1 aromatic rings. The zero-order valence-electron chi connectivity index (χ0n) is 13.4. The van der Waals surface area contributed by atoms with Crippen molar-refractivity contribution in [3.05, 3.63) is 58.5 Å². The van der Waals surface area contributed by atoms with Crippen molar-refractivity contribution >= 4 is 11.8 Å². The fraction of sp³-hybridized carbons (Fsp3) is 0.474. The first-order valence-electron chi connectivity index (χ1n) is 7.44. The van der Waals surface area contributed by atoms with Gasteiger partial charge >= 0.3 is 0 Å². The SMILES string of the molecule is CC(C)(C)C1=CC=C(SC(C)(C)c2ccccc2)CC1. The highest BCUT2D eigenvalue weighted by molar-refractivity contribution is 8.03. The Morgan fingerprint density at radius 1 is 0.850 bits per heavy atom. The highest BCUT2D eigenvalue weighted by Gasteiger charge is 2.25. The van der Waals surface area contributed by atoms with Crippen LogP contribution in [0.5, 0.6) is 0 Å². The molecular weight excluding hydrogens is 260 g/mol. The predicted molar refractivity (Wildman–Crippen MR) is 91.9 cm³/mol. The minimum absolute atomic E-state index is 0.139. The summed E-state index contributed by atoms with van der Waals surface area (Å²) in [6.45, 7) is 11.5. The zero-order chi connectivity index (χ0) is 14.8. The first-order valence-corrected chi connectivity index (χ1v) is 8.25. The van der Waals surface area contributed by atoms with Crippen LogP contribution >= 0.6 is 11.8 Å². The van der Waals surface area contributed by atoms with Gasteiger partial charge in [-0.1, -0.05) is 68.8 Å². The van der Waals surface area contributed by atoms with Crippen LogP contribution in [-0.4, -0.2) is 0 Å². The molecule has 0 spiro atoms. The molecule has 0 amide bonds. The lowest BCUT2D eigenvalue weighted by Gasteiger charge is -2.30. The quantitative estimate of drug-likeness (QED) is 0.628. The average Bonchev–Trinajstić information content (AvgIpc) is 2.39. The second-order valence-electron chi connectivity index (χ2n) is 7.05. The van der Waals surface area contributed by atoms with Gasteiger partial charge in [0.2, 0.25) is 0 Å². The molecule has 0 saturated carbocycles. The van der Waals surface area contributed by atoms with Gasteiger partial charge in [-0.2, -0.15) is 0 Å². The van der Waals surface area contributed by atoms with Gasteiger partial charge < -0.3 is 0 Å². The Hall–Kier alpha value is -0.950. The Morgan fingerprint density at radius 3 is 2.00 bits per heavy atom. The first kappa shape index (κ1) is 15.4. The van der Waals surface area contributed by atoms with Gasteiger partial charge in [-0.15, -0.1) is 11.8 Å². The lowest BCUT2D eigenvalue weighted by molar-refractivity contribution is 0.481. The van der Waals surface area contributed by atoms with Crippen molar-refractivity contribution in [1.29, 1.82) is 0 Å². The Kier molecular flexibility index (Phi) is 4.49. The molecule has 0 radical (unpaired) electrons. The van der Waals surface area contributed by atoms with E-state index >= 15 is 0 Å². The van der Waals surface area contributed by atoms with Crippen molar-refractivity contribution in [2.24, 2.45) is 5.41 Å². The molecule has 0 nitrogen and oxygen atoms in total. The normalized spacial score (nSPS) is 16.6. The van der Waals surface area contributed by atoms with Gasteiger partial charge in [-0.3, -0.25) is 0 Å². The van der Waals surface area contributed by atoms with E-state index in [0.717, 1.165) is 0 Å². The summed E-state index contributed by atoms with van der Waals surface area (Å²) in [6.07, 6.45) is 7.06. The molecule has 0 N–H and O–H groups in total. The smallest absolute Gasteiger partial charge is 0.0396 e. The zero-order valence-corrected chi connectivity index (χ0v) is 14.2. The molecule has 1 aliphatic rings. The average molecular weight is 286 g/mol. The number of thioether (sulfide) groups is 1. The van der Waals surface area contributed by atoms with Gasteiger partial charge in [-0.25, -0.2) is 0 Å². The van der Waals surface area contributed by atoms with Crippen molar-refractivity contribution < 1.29 is 0 Å². The molecule has 0 aliphatic heterocycles. The van der Waals surface area contributed by atoms with Crippen molar-refractivity contribution in [2.45, 2.75) is 52.2 Å². The summed E-state index contributed by atoms with van der Waals surface area (Å²) in [6, 6.07) is 10.8. The van der Waals surface area contributed by atoms with Crippen LogP contribution in [0.3, 0.4) is 0 Å². The molecule has 1 heteroatoms. The topological polar surface area (TPSA) is 0 Å². The molecule has 0 aromatic heterocycles. The van der Waals surface area contributed by atoms with Crippen molar-refractivity contribution in [3.63, 3.8) is 0 Å². The number of rotatable bonds is 3. The van der Waals surface area contributed by atoms with Crippen molar-refractivity contribution in [1.82, 2.24) is 0 Å². The summed E-state index contributed by atoms with van der Waals surface area (Å²) in [7, 11) is 0. The number of hydrogen-bond donors (Lipinski definition) is 0. The highest BCUT2D eigenvalue weighted by Crippen LogP contribution is 2.44. The Morgan fingerprint density at radius 2 is 1.50 bits per heavy atom. The van der Waals surface area contributed by atoms with Gasteiger partial charge in [0, 0.05) is 4.75 Å². The van der Waals surface area contributed by atoms with E-state index in [9.17, 15) is 0 Å². The predicted octanol–water partition coefficient (Wildman–Crippen LogP) is 6.31. The van der Waals surface area contributed by atoms with E-state index in [4.69, 9.17) is 0 Å². The van der Waals surface area contributed by atoms with Crippen LogP contribution < -0.4 is 0 Å². The van der Waals surface area contributed by atoms with Gasteiger partial charge in [-0.05, 0) is 42.6 Å².